The molecule has 0 saturated carbocycles. The number of benzene rings is 4. The highest BCUT2D eigenvalue weighted by molar-refractivity contribution is 7.91. The minimum atomic E-state index is -4.90. The molecule has 0 aromatic heterocycles. The van der Waals surface area contributed by atoms with E-state index in [2.05, 4.69) is 39.1 Å². The largest absolute Gasteiger partial charge is 0.478 e. The Kier molecular flexibility index (Phi) is 14.1. The number of rotatable bonds is 18. The number of carboxylic acids is 1. The van der Waals surface area contributed by atoms with E-state index in [0.29, 0.717) is 0 Å². The number of sulfone groups is 2. The van der Waals surface area contributed by atoms with Gasteiger partial charge in [-0.3, -0.25) is 13.7 Å². The van der Waals surface area contributed by atoms with Crippen molar-refractivity contribution in [1.82, 2.24) is 0 Å². The molecule has 0 fully saturated rings. The first-order valence-electron chi connectivity index (χ1n) is 15.5. The van der Waals surface area contributed by atoms with Gasteiger partial charge in [0.1, 0.15) is 33.2 Å². The molecular formula is C29H28N8O17S5. The van der Waals surface area contributed by atoms with Gasteiger partial charge in [-0.25, -0.2) is 30.0 Å². The van der Waals surface area contributed by atoms with Crippen molar-refractivity contribution in [3.63, 3.8) is 0 Å². The van der Waals surface area contributed by atoms with Crippen molar-refractivity contribution in [3.05, 3.63) is 78.4 Å². The number of azo groups is 3. The molecular weight excluding hydrogens is 893 g/mol. The van der Waals surface area contributed by atoms with Gasteiger partial charge in [0.2, 0.25) is 0 Å². The summed E-state index contributed by atoms with van der Waals surface area (Å²) in [5.41, 5.74) is 7.99. The van der Waals surface area contributed by atoms with Crippen LogP contribution in [-0.4, -0.2) is 91.5 Å². The quantitative estimate of drug-likeness (QED) is 0.0462. The monoisotopic (exact) mass is 920 g/mol. The zero-order valence-corrected chi connectivity index (χ0v) is 33.3. The summed E-state index contributed by atoms with van der Waals surface area (Å²) in [5.74, 6) is -3.46. The Morgan fingerprint density at radius 3 is 1.32 bits per heavy atom. The molecule has 0 atom stereocenters. The fourth-order valence-corrected chi connectivity index (χ4v) is 8.12. The molecule has 0 aliphatic carbocycles. The predicted molar refractivity (Wildman–Crippen MR) is 203 cm³/mol. The van der Waals surface area contributed by atoms with Gasteiger partial charge in [0.05, 0.1) is 57.3 Å². The molecule has 25 nitrogen and oxygen atoms in total. The summed E-state index contributed by atoms with van der Waals surface area (Å²) in [6.45, 7) is -1.79. The van der Waals surface area contributed by atoms with E-state index in [-0.39, 0.29) is 21.2 Å². The highest BCUT2D eigenvalue weighted by atomic mass is 32.3. The van der Waals surface area contributed by atoms with Crippen LogP contribution in [0.4, 0.5) is 45.5 Å². The third-order valence-electron chi connectivity index (χ3n) is 7.20. The van der Waals surface area contributed by atoms with Gasteiger partial charge in [0, 0.05) is 0 Å². The topological polar surface area (TPSA) is 413 Å². The van der Waals surface area contributed by atoms with Crippen LogP contribution >= 0.6 is 0 Å². The molecule has 8 N–H and O–H groups in total. The maximum atomic E-state index is 12.7. The van der Waals surface area contributed by atoms with Crippen molar-refractivity contribution in [2.24, 2.45) is 30.7 Å². The molecule has 4 rings (SSSR count). The van der Waals surface area contributed by atoms with Crippen LogP contribution in [0.5, 0.6) is 0 Å². The van der Waals surface area contributed by atoms with Crippen LogP contribution in [0.3, 0.4) is 0 Å². The molecule has 0 aliphatic rings. The number of anilines is 2. The Balaban J connectivity index is 1.81. The van der Waals surface area contributed by atoms with Gasteiger partial charge in [0.15, 0.2) is 19.7 Å². The molecule has 0 unspecified atom stereocenters. The molecule has 0 heterocycles. The van der Waals surface area contributed by atoms with Gasteiger partial charge in [0.25, 0.3) is 10.1 Å². The van der Waals surface area contributed by atoms with Gasteiger partial charge in [-0.15, -0.1) is 20.5 Å². The van der Waals surface area contributed by atoms with Crippen LogP contribution in [-0.2, 0) is 59.0 Å². The van der Waals surface area contributed by atoms with Crippen LogP contribution in [0, 0.1) is 0 Å². The van der Waals surface area contributed by atoms with Crippen LogP contribution in [0.1, 0.15) is 10.4 Å². The molecule has 4 aromatic rings. The summed E-state index contributed by atoms with van der Waals surface area (Å²) in [4.78, 5) is 11.3. The lowest BCUT2D eigenvalue weighted by atomic mass is 10.1. The SMILES string of the molecule is Nc1c(N=Nc2ccc(S(=O)(=O)CCOS(=O)(=O)O)cc2)c(N)c(N=Nc2ccccc2S(=O)(=O)O)c(C(=O)O)c1N=Nc1ccc(S(=O)(=O)CCOS(=O)(=O)O)cc1. The molecule has 4 aromatic carbocycles. The van der Waals surface area contributed by atoms with E-state index in [1.165, 1.54) is 12.1 Å². The van der Waals surface area contributed by atoms with Crippen LogP contribution in [0.15, 0.2) is 118 Å². The van der Waals surface area contributed by atoms with Crippen molar-refractivity contribution in [1.29, 1.82) is 0 Å². The normalized spacial score (nSPS) is 13.1. The highest BCUT2D eigenvalue weighted by Crippen LogP contribution is 2.49. The third-order valence-corrected chi connectivity index (χ3v) is 12.4. The zero-order valence-electron chi connectivity index (χ0n) is 29.2. The van der Waals surface area contributed by atoms with E-state index in [4.69, 9.17) is 20.6 Å². The van der Waals surface area contributed by atoms with Crippen molar-refractivity contribution >= 4 is 102 Å². The molecule has 0 radical (unpaired) electrons. The number of hydrogen-bond donors (Lipinski definition) is 6. The second kappa shape index (κ2) is 18.1. The summed E-state index contributed by atoms with van der Waals surface area (Å²) in [5, 5.41) is 33.6. The Morgan fingerprint density at radius 2 is 0.932 bits per heavy atom. The van der Waals surface area contributed by atoms with Gasteiger partial charge in [-0.05, 0) is 60.7 Å². The van der Waals surface area contributed by atoms with Crippen molar-refractivity contribution in [2.45, 2.75) is 14.7 Å². The Hall–Kier alpha value is -5.70. The summed E-state index contributed by atoms with van der Waals surface area (Å²) in [7, 11) is -22.9. The number of aromatic carboxylic acids is 1. The van der Waals surface area contributed by atoms with E-state index < -0.39 is 126 Å². The van der Waals surface area contributed by atoms with Gasteiger partial charge in [-0.2, -0.15) is 35.5 Å². The lowest BCUT2D eigenvalue weighted by molar-refractivity contribution is 0.0698. The summed E-state index contributed by atoms with van der Waals surface area (Å²) >= 11 is 0. The first-order valence-corrected chi connectivity index (χ1v) is 23.0. The minimum Gasteiger partial charge on any atom is -0.478 e. The van der Waals surface area contributed by atoms with Crippen LogP contribution in [0.25, 0.3) is 0 Å². The van der Waals surface area contributed by atoms with Crippen molar-refractivity contribution < 1.29 is 74.0 Å². The fraction of sp³-hybridized carbons (Fsp3) is 0.138. The second-order valence-electron chi connectivity index (χ2n) is 11.2. The second-order valence-corrected chi connectivity index (χ2v) is 19.0. The first kappa shape index (κ1) is 46.0. The Labute approximate surface area is 334 Å². The number of carboxylic acid groups (broad SMARTS) is 1. The summed E-state index contributed by atoms with van der Waals surface area (Å²) < 4.78 is 152. The molecule has 30 heteroatoms. The number of nitrogens with zero attached hydrogens (tertiary/aromatic N) is 6. The summed E-state index contributed by atoms with van der Waals surface area (Å²) in [6.07, 6.45) is 0. The third kappa shape index (κ3) is 12.6. The van der Waals surface area contributed by atoms with Gasteiger partial charge >= 0.3 is 26.8 Å². The number of nitrogen functional groups attached to an aromatic ring is 2. The molecule has 0 aliphatic heterocycles. The van der Waals surface area contributed by atoms with Gasteiger partial charge in [-0.1, -0.05) is 12.1 Å². The van der Waals surface area contributed by atoms with E-state index in [0.717, 1.165) is 60.7 Å². The predicted octanol–water partition coefficient (Wildman–Crippen LogP) is 4.23. The summed E-state index contributed by atoms with van der Waals surface area (Å²) in [6, 6.07) is 13.4. The average Bonchev–Trinajstić information content (AvgIpc) is 3.12. The lowest BCUT2D eigenvalue weighted by Gasteiger charge is -2.13. The maximum absolute atomic E-state index is 12.7. The lowest BCUT2D eigenvalue weighted by Crippen LogP contribution is -2.15. The maximum Gasteiger partial charge on any atom is 0.397 e. The smallest absolute Gasteiger partial charge is 0.397 e. The Morgan fingerprint density at radius 1 is 0.542 bits per heavy atom. The van der Waals surface area contributed by atoms with E-state index in [9.17, 15) is 56.5 Å². The standard InChI is InChI=1S/C29H28N8O17S5/c30-24-26(35-32-17-5-9-19(10-6-17)55(40,41)15-13-53-58(47,48)49)23(29(38)39)27(36-34-21-3-1-2-4-22(21)57(44,45)46)25(31)28(24)37-33-18-7-11-20(12-8-18)56(42,43)16-14-54-59(50,51)52/h1-12H,13-16,30-31H2,(H,38,39)(H,44,45,46)(H,47,48,49)(H,50,51,52). The van der Waals surface area contributed by atoms with Crippen molar-refractivity contribution in [3.8, 4) is 0 Å². The van der Waals surface area contributed by atoms with E-state index in [1.54, 1.807) is 0 Å². The van der Waals surface area contributed by atoms with E-state index >= 15 is 0 Å². The number of nitrogens with two attached hydrogens (primary N) is 2. The Bertz CT molecular complexity index is 2920. The first-order chi connectivity index (χ1) is 27.3. The molecule has 0 amide bonds. The zero-order chi connectivity index (χ0) is 44.0. The van der Waals surface area contributed by atoms with Crippen LogP contribution in [0.2, 0.25) is 0 Å². The number of carbonyl (C=O) groups is 1. The molecule has 316 valence electrons. The van der Waals surface area contributed by atoms with Crippen molar-refractivity contribution in [2.75, 3.05) is 36.2 Å². The van der Waals surface area contributed by atoms with Gasteiger partial charge < -0.3 is 16.6 Å². The van der Waals surface area contributed by atoms with E-state index in [1.807, 2.05) is 0 Å². The number of hydrogen-bond acceptors (Lipinski definition) is 21. The molecule has 0 spiro atoms. The average molecular weight is 921 g/mol. The minimum absolute atomic E-state index is 0.0488. The molecule has 0 saturated heterocycles. The van der Waals surface area contributed by atoms with Crippen LogP contribution < -0.4 is 11.5 Å². The molecule has 59 heavy (non-hydrogen) atoms. The highest BCUT2D eigenvalue weighted by Gasteiger charge is 2.27. The molecule has 0 bridgehead atoms. The fourth-order valence-electron chi connectivity index (χ4n) is 4.52.